The van der Waals surface area contributed by atoms with Gasteiger partial charge in [0.1, 0.15) is 0 Å². The molecule has 1 saturated heterocycles. The number of anilines is 2. The van der Waals surface area contributed by atoms with Crippen molar-refractivity contribution in [2.75, 3.05) is 36.9 Å². The molecular formula is C15H23N3O2. The van der Waals surface area contributed by atoms with Gasteiger partial charge in [-0.2, -0.15) is 0 Å². The molecule has 0 radical (unpaired) electrons. The first kappa shape index (κ1) is 14.7. The number of nitrogens with two attached hydrogens (primary N) is 1. The summed E-state index contributed by atoms with van der Waals surface area (Å²) in [6.45, 7) is 4.50. The summed E-state index contributed by atoms with van der Waals surface area (Å²) >= 11 is 0. The first-order valence-electron chi connectivity index (χ1n) is 7.19. The fourth-order valence-corrected chi connectivity index (χ4v) is 2.58. The molecule has 110 valence electrons. The van der Waals surface area contributed by atoms with Gasteiger partial charge in [-0.3, -0.25) is 4.79 Å². The third kappa shape index (κ3) is 3.22. The molecule has 1 aliphatic heterocycles. The van der Waals surface area contributed by atoms with Crippen molar-refractivity contribution in [2.24, 2.45) is 5.92 Å². The van der Waals surface area contributed by atoms with Gasteiger partial charge in [0, 0.05) is 31.8 Å². The second-order valence-corrected chi connectivity index (χ2v) is 5.25. The van der Waals surface area contributed by atoms with E-state index in [1.807, 2.05) is 13.0 Å². The van der Waals surface area contributed by atoms with Gasteiger partial charge in [0.05, 0.1) is 11.4 Å². The van der Waals surface area contributed by atoms with E-state index in [4.69, 9.17) is 5.73 Å². The van der Waals surface area contributed by atoms with Gasteiger partial charge in [-0.25, -0.2) is 0 Å². The highest BCUT2D eigenvalue weighted by Gasteiger charge is 2.20. The van der Waals surface area contributed by atoms with Gasteiger partial charge in [-0.05, 0) is 43.9 Å². The molecule has 0 aliphatic carbocycles. The minimum atomic E-state index is -0.0704. The fourth-order valence-electron chi connectivity index (χ4n) is 2.58. The van der Waals surface area contributed by atoms with Gasteiger partial charge in [0.2, 0.25) is 0 Å². The van der Waals surface area contributed by atoms with E-state index in [1.165, 1.54) is 0 Å². The molecule has 0 saturated carbocycles. The number of amides is 1. The minimum Gasteiger partial charge on any atom is -0.397 e. The Morgan fingerprint density at radius 3 is 2.75 bits per heavy atom. The SMILES string of the molecule is CCNC(=O)c1ccc(N)c(N2CCC(CO)CC2)c1. The number of hydrogen-bond donors (Lipinski definition) is 3. The number of benzene rings is 1. The highest BCUT2D eigenvalue weighted by Crippen LogP contribution is 2.29. The van der Waals surface area contributed by atoms with Crippen LogP contribution in [0.15, 0.2) is 18.2 Å². The average Bonchev–Trinajstić information content (AvgIpc) is 2.48. The van der Waals surface area contributed by atoms with E-state index in [1.54, 1.807) is 12.1 Å². The fraction of sp³-hybridized carbons (Fsp3) is 0.533. The lowest BCUT2D eigenvalue weighted by Crippen LogP contribution is -2.35. The number of rotatable bonds is 4. The zero-order chi connectivity index (χ0) is 14.5. The second-order valence-electron chi connectivity index (χ2n) is 5.25. The van der Waals surface area contributed by atoms with Crippen LogP contribution < -0.4 is 16.0 Å². The molecule has 0 bridgehead atoms. The maximum absolute atomic E-state index is 11.9. The number of aliphatic hydroxyl groups is 1. The summed E-state index contributed by atoms with van der Waals surface area (Å²) in [6.07, 6.45) is 1.92. The number of nitrogens with zero attached hydrogens (tertiary/aromatic N) is 1. The van der Waals surface area contributed by atoms with E-state index in [0.717, 1.165) is 31.6 Å². The van der Waals surface area contributed by atoms with Crippen LogP contribution >= 0.6 is 0 Å². The van der Waals surface area contributed by atoms with Crippen molar-refractivity contribution in [2.45, 2.75) is 19.8 Å². The van der Waals surface area contributed by atoms with Gasteiger partial charge in [-0.15, -0.1) is 0 Å². The Labute approximate surface area is 119 Å². The van der Waals surface area contributed by atoms with E-state index < -0.39 is 0 Å². The Morgan fingerprint density at radius 2 is 2.15 bits per heavy atom. The van der Waals surface area contributed by atoms with Crippen molar-refractivity contribution in [3.63, 3.8) is 0 Å². The lowest BCUT2D eigenvalue weighted by molar-refractivity contribution is 0.0956. The third-order valence-corrected chi connectivity index (χ3v) is 3.84. The normalized spacial score (nSPS) is 16.2. The van der Waals surface area contributed by atoms with Crippen LogP contribution in [0.1, 0.15) is 30.1 Å². The van der Waals surface area contributed by atoms with Crippen LogP contribution in [0.3, 0.4) is 0 Å². The zero-order valence-electron chi connectivity index (χ0n) is 11.9. The predicted octanol–water partition coefficient (Wildman–Crippen LogP) is 1.23. The number of piperidine rings is 1. The summed E-state index contributed by atoms with van der Waals surface area (Å²) in [4.78, 5) is 14.1. The maximum atomic E-state index is 11.9. The zero-order valence-corrected chi connectivity index (χ0v) is 11.9. The molecule has 5 nitrogen and oxygen atoms in total. The molecule has 1 fully saturated rings. The molecule has 1 amide bonds. The van der Waals surface area contributed by atoms with Gasteiger partial charge in [0.25, 0.3) is 5.91 Å². The standard InChI is InChI=1S/C15H23N3O2/c1-2-17-15(20)12-3-4-13(16)14(9-12)18-7-5-11(10-19)6-8-18/h3-4,9,11,19H,2,5-8,10,16H2,1H3,(H,17,20). The molecule has 2 rings (SSSR count). The van der Waals surface area contributed by atoms with Crippen molar-refractivity contribution in [3.8, 4) is 0 Å². The summed E-state index contributed by atoms with van der Waals surface area (Å²) in [5.74, 6) is 0.318. The molecule has 0 aromatic heterocycles. The van der Waals surface area contributed by atoms with Gasteiger partial charge < -0.3 is 21.1 Å². The molecular weight excluding hydrogens is 254 g/mol. The number of carbonyl (C=O) groups is 1. The quantitative estimate of drug-likeness (QED) is 0.723. The summed E-state index contributed by atoms with van der Waals surface area (Å²) in [5, 5.41) is 12.0. The Bertz CT molecular complexity index is 468. The maximum Gasteiger partial charge on any atom is 0.251 e. The third-order valence-electron chi connectivity index (χ3n) is 3.84. The lowest BCUT2D eigenvalue weighted by atomic mass is 9.97. The van der Waals surface area contributed by atoms with Crippen LogP contribution in [0.5, 0.6) is 0 Å². The molecule has 1 aromatic rings. The molecule has 1 aromatic carbocycles. The Hall–Kier alpha value is -1.75. The van der Waals surface area contributed by atoms with E-state index >= 15 is 0 Å². The molecule has 20 heavy (non-hydrogen) atoms. The van der Waals surface area contributed by atoms with Gasteiger partial charge >= 0.3 is 0 Å². The second kappa shape index (κ2) is 6.61. The summed E-state index contributed by atoms with van der Waals surface area (Å²) < 4.78 is 0. The van der Waals surface area contributed by atoms with Crippen LogP contribution in [0.4, 0.5) is 11.4 Å². The van der Waals surface area contributed by atoms with Gasteiger partial charge in [-0.1, -0.05) is 0 Å². The number of nitrogens with one attached hydrogen (secondary N) is 1. The highest BCUT2D eigenvalue weighted by atomic mass is 16.3. The van der Waals surface area contributed by atoms with Crippen LogP contribution in [0, 0.1) is 5.92 Å². The molecule has 1 heterocycles. The largest absolute Gasteiger partial charge is 0.397 e. The van der Waals surface area contributed by atoms with E-state index in [-0.39, 0.29) is 12.5 Å². The number of aliphatic hydroxyl groups excluding tert-OH is 1. The molecule has 1 aliphatic rings. The molecule has 0 atom stereocenters. The Kier molecular flexibility index (Phi) is 4.84. The van der Waals surface area contributed by atoms with Crippen molar-refractivity contribution in [3.05, 3.63) is 23.8 Å². The van der Waals surface area contributed by atoms with Crippen molar-refractivity contribution >= 4 is 17.3 Å². The first-order valence-corrected chi connectivity index (χ1v) is 7.19. The van der Waals surface area contributed by atoms with Crippen molar-refractivity contribution in [1.29, 1.82) is 0 Å². The van der Waals surface area contributed by atoms with E-state index in [0.29, 0.717) is 23.7 Å². The molecule has 4 N–H and O–H groups in total. The summed E-state index contributed by atoms with van der Waals surface area (Å²) in [7, 11) is 0. The van der Waals surface area contributed by atoms with Crippen LogP contribution in [-0.4, -0.2) is 37.3 Å². The number of nitrogen functional groups attached to an aromatic ring is 1. The van der Waals surface area contributed by atoms with E-state index in [9.17, 15) is 9.90 Å². The first-order chi connectivity index (χ1) is 9.65. The monoisotopic (exact) mass is 277 g/mol. The van der Waals surface area contributed by atoms with Crippen LogP contribution in [0.25, 0.3) is 0 Å². The molecule has 0 unspecified atom stereocenters. The number of carbonyl (C=O) groups excluding carboxylic acids is 1. The van der Waals surface area contributed by atoms with Gasteiger partial charge in [0.15, 0.2) is 0 Å². The lowest BCUT2D eigenvalue weighted by Gasteiger charge is -2.33. The highest BCUT2D eigenvalue weighted by molar-refractivity contribution is 5.96. The topological polar surface area (TPSA) is 78.6 Å². The summed E-state index contributed by atoms with van der Waals surface area (Å²) in [6, 6.07) is 5.40. The predicted molar refractivity (Wildman–Crippen MR) is 80.9 cm³/mol. The minimum absolute atomic E-state index is 0.0704. The molecule has 5 heteroatoms. The average molecular weight is 277 g/mol. The van der Waals surface area contributed by atoms with Crippen LogP contribution in [0.2, 0.25) is 0 Å². The van der Waals surface area contributed by atoms with Crippen LogP contribution in [-0.2, 0) is 0 Å². The molecule has 0 spiro atoms. The van der Waals surface area contributed by atoms with Crippen molar-refractivity contribution < 1.29 is 9.90 Å². The Balaban J connectivity index is 2.15. The smallest absolute Gasteiger partial charge is 0.251 e. The summed E-state index contributed by atoms with van der Waals surface area (Å²) in [5.41, 5.74) is 8.29. The number of hydrogen-bond acceptors (Lipinski definition) is 4. The Morgan fingerprint density at radius 1 is 1.45 bits per heavy atom. The van der Waals surface area contributed by atoms with Crippen molar-refractivity contribution in [1.82, 2.24) is 5.32 Å². The van der Waals surface area contributed by atoms with E-state index in [2.05, 4.69) is 10.2 Å².